The van der Waals surface area contributed by atoms with Crippen LogP contribution < -0.4 is 14.2 Å². The molecule has 32 heavy (non-hydrogen) atoms. The van der Waals surface area contributed by atoms with Crippen molar-refractivity contribution < 1.29 is 27.4 Å². The van der Waals surface area contributed by atoms with Gasteiger partial charge in [0.15, 0.2) is 21.3 Å². The minimum absolute atomic E-state index is 0.0236. The first-order valence-corrected chi connectivity index (χ1v) is 12.6. The SMILES string of the molecule is CCCCOc1ccc(C(=O)N(Cc2ccc(OC)c(OC)c2)C2CCS(=O)(=O)C2)cc1. The van der Waals surface area contributed by atoms with Gasteiger partial charge in [-0.2, -0.15) is 0 Å². The molecular weight excluding hydrogens is 430 g/mol. The Bertz CT molecular complexity index is 1020. The number of hydrogen-bond donors (Lipinski definition) is 0. The van der Waals surface area contributed by atoms with E-state index >= 15 is 0 Å². The summed E-state index contributed by atoms with van der Waals surface area (Å²) in [6, 6.07) is 12.1. The number of sulfone groups is 1. The van der Waals surface area contributed by atoms with E-state index in [4.69, 9.17) is 14.2 Å². The number of rotatable bonds is 10. The monoisotopic (exact) mass is 461 g/mol. The third kappa shape index (κ3) is 5.94. The van der Waals surface area contributed by atoms with Crippen LogP contribution >= 0.6 is 0 Å². The molecule has 8 heteroatoms. The summed E-state index contributed by atoms with van der Waals surface area (Å²) in [7, 11) is -0.0344. The second-order valence-corrected chi connectivity index (χ2v) is 10.1. The van der Waals surface area contributed by atoms with E-state index < -0.39 is 9.84 Å². The van der Waals surface area contributed by atoms with Crippen LogP contribution in [0.2, 0.25) is 0 Å². The van der Waals surface area contributed by atoms with Crippen molar-refractivity contribution in [2.24, 2.45) is 0 Å². The van der Waals surface area contributed by atoms with Gasteiger partial charge in [-0.05, 0) is 54.8 Å². The second-order valence-electron chi connectivity index (χ2n) is 7.91. The molecule has 0 radical (unpaired) electrons. The van der Waals surface area contributed by atoms with Gasteiger partial charge in [-0.25, -0.2) is 8.42 Å². The lowest BCUT2D eigenvalue weighted by atomic mass is 10.1. The summed E-state index contributed by atoms with van der Waals surface area (Å²) in [5, 5.41) is 0. The van der Waals surface area contributed by atoms with E-state index in [9.17, 15) is 13.2 Å². The van der Waals surface area contributed by atoms with Crippen LogP contribution in [-0.4, -0.2) is 57.6 Å². The number of carbonyl (C=O) groups is 1. The van der Waals surface area contributed by atoms with E-state index in [1.807, 2.05) is 12.1 Å². The highest BCUT2D eigenvalue weighted by atomic mass is 32.2. The smallest absolute Gasteiger partial charge is 0.254 e. The van der Waals surface area contributed by atoms with Crippen molar-refractivity contribution in [1.82, 2.24) is 4.90 Å². The van der Waals surface area contributed by atoms with Crippen molar-refractivity contribution in [3.05, 3.63) is 53.6 Å². The Kier molecular flexibility index (Phi) is 8.01. The van der Waals surface area contributed by atoms with Gasteiger partial charge in [-0.3, -0.25) is 4.79 Å². The zero-order valence-electron chi connectivity index (χ0n) is 18.9. The quantitative estimate of drug-likeness (QED) is 0.502. The maximum Gasteiger partial charge on any atom is 0.254 e. The van der Waals surface area contributed by atoms with Gasteiger partial charge in [0, 0.05) is 18.2 Å². The fourth-order valence-corrected chi connectivity index (χ4v) is 5.49. The number of ether oxygens (including phenoxy) is 3. The van der Waals surface area contributed by atoms with Gasteiger partial charge < -0.3 is 19.1 Å². The van der Waals surface area contributed by atoms with E-state index in [1.54, 1.807) is 49.5 Å². The maximum atomic E-state index is 13.4. The van der Waals surface area contributed by atoms with Gasteiger partial charge in [0.1, 0.15) is 5.75 Å². The van der Waals surface area contributed by atoms with E-state index in [-0.39, 0.29) is 30.0 Å². The summed E-state index contributed by atoms with van der Waals surface area (Å²) >= 11 is 0. The highest BCUT2D eigenvalue weighted by Crippen LogP contribution is 2.30. The predicted molar refractivity (Wildman–Crippen MR) is 123 cm³/mol. The van der Waals surface area contributed by atoms with Crippen molar-refractivity contribution in [1.29, 1.82) is 0 Å². The molecule has 0 aromatic heterocycles. The molecule has 1 atom stereocenters. The lowest BCUT2D eigenvalue weighted by Crippen LogP contribution is -2.40. The van der Waals surface area contributed by atoms with Crippen LogP contribution in [0.25, 0.3) is 0 Å². The summed E-state index contributed by atoms with van der Waals surface area (Å²) in [5.74, 6) is 1.73. The highest BCUT2D eigenvalue weighted by Gasteiger charge is 2.35. The fourth-order valence-electron chi connectivity index (χ4n) is 3.76. The first kappa shape index (κ1) is 23.9. The molecule has 1 aliphatic heterocycles. The Balaban J connectivity index is 1.84. The normalized spacial score (nSPS) is 17.0. The molecule has 1 fully saturated rings. The number of amides is 1. The Hall–Kier alpha value is -2.74. The number of hydrogen-bond acceptors (Lipinski definition) is 6. The first-order valence-electron chi connectivity index (χ1n) is 10.8. The molecule has 0 N–H and O–H groups in total. The molecule has 1 unspecified atom stereocenters. The molecule has 1 aliphatic rings. The number of unbranched alkanes of at least 4 members (excludes halogenated alkanes) is 1. The fraction of sp³-hybridized carbons (Fsp3) is 0.458. The van der Waals surface area contributed by atoms with Gasteiger partial charge >= 0.3 is 0 Å². The van der Waals surface area contributed by atoms with Gasteiger partial charge in [-0.15, -0.1) is 0 Å². The van der Waals surface area contributed by atoms with E-state index in [0.717, 1.165) is 18.4 Å². The van der Waals surface area contributed by atoms with Gasteiger partial charge in [0.05, 0.1) is 32.3 Å². The predicted octanol–water partition coefficient (Wildman–Crippen LogP) is 3.71. The minimum Gasteiger partial charge on any atom is -0.494 e. The van der Waals surface area contributed by atoms with Crippen LogP contribution in [0.4, 0.5) is 0 Å². The molecule has 174 valence electrons. The number of carbonyl (C=O) groups excluding carboxylic acids is 1. The minimum atomic E-state index is -3.15. The first-order chi connectivity index (χ1) is 15.4. The van der Waals surface area contributed by atoms with Crippen LogP contribution in [-0.2, 0) is 16.4 Å². The number of nitrogens with zero attached hydrogens (tertiary/aromatic N) is 1. The van der Waals surface area contributed by atoms with Crippen molar-refractivity contribution in [2.45, 2.75) is 38.8 Å². The van der Waals surface area contributed by atoms with Crippen LogP contribution in [0.5, 0.6) is 17.2 Å². The van der Waals surface area contributed by atoms with Crippen LogP contribution in [0.15, 0.2) is 42.5 Å². The van der Waals surface area contributed by atoms with Crippen LogP contribution in [0, 0.1) is 0 Å². The zero-order valence-corrected chi connectivity index (χ0v) is 19.7. The van der Waals surface area contributed by atoms with Crippen molar-refractivity contribution in [3.63, 3.8) is 0 Å². The molecule has 2 aromatic carbocycles. The van der Waals surface area contributed by atoms with Gasteiger partial charge in [-0.1, -0.05) is 19.4 Å². The summed E-state index contributed by atoms with van der Waals surface area (Å²) < 4.78 is 40.6. The molecule has 2 aromatic rings. The topological polar surface area (TPSA) is 82.1 Å². The third-order valence-electron chi connectivity index (χ3n) is 5.58. The van der Waals surface area contributed by atoms with E-state index in [2.05, 4.69) is 6.92 Å². The molecule has 0 aliphatic carbocycles. The van der Waals surface area contributed by atoms with Crippen molar-refractivity contribution in [3.8, 4) is 17.2 Å². The van der Waals surface area contributed by atoms with Gasteiger partial charge in [0.2, 0.25) is 0 Å². The molecule has 3 rings (SSSR count). The number of benzene rings is 2. The largest absolute Gasteiger partial charge is 0.494 e. The summed E-state index contributed by atoms with van der Waals surface area (Å²) in [6.07, 6.45) is 2.45. The molecule has 1 heterocycles. The molecule has 0 saturated carbocycles. The Morgan fingerprint density at radius 2 is 1.78 bits per heavy atom. The zero-order chi connectivity index (χ0) is 23.1. The maximum absolute atomic E-state index is 13.4. The lowest BCUT2D eigenvalue weighted by Gasteiger charge is -2.29. The molecule has 1 saturated heterocycles. The lowest BCUT2D eigenvalue weighted by molar-refractivity contribution is 0.0680. The molecule has 0 bridgehead atoms. The van der Waals surface area contributed by atoms with Crippen molar-refractivity contribution in [2.75, 3.05) is 32.3 Å². The van der Waals surface area contributed by atoms with E-state index in [0.29, 0.717) is 35.8 Å². The van der Waals surface area contributed by atoms with Crippen LogP contribution in [0.1, 0.15) is 42.1 Å². The Morgan fingerprint density at radius 1 is 1.06 bits per heavy atom. The van der Waals surface area contributed by atoms with Gasteiger partial charge in [0.25, 0.3) is 5.91 Å². The number of methoxy groups -OCH3 is 2. The van der Waals surface area contributed by atoms with Crippen molar-refractivity contribution >= 4 is 15.7 Å². The average Bonchev–Trinajstić information content (AvgIpc) is 3.16. The van der Waals surface area contributed by atoms with Crippen LogP contribution in [0.3, 0.4) is 0 Å². The summed E-state index contributed by atoms with van der Waals surface area (Å²) in [5.41, 5.74) is 1.33. The Morgan fingerprint density at radius 3 is 2.38 bits per heavy atom. The highest BCUT2D eigenvalue weighted by molar-refractivity contribution is 7.91. The average molecular weight is 462 g/mol. The third-order valence-corrected chi connectivity index (χ3v) is 7.33. The molecule has 0 spiro atoms. The van der Waals surface area contributed by atoms with E-state index in [1.165, 1.54) is 0 Å². The summed E-state index contributed by atoms with van der Waals surface area (Å²) in [4.78, 5) is 15.1. The molecule has 7 nitrogen and oxygen atoms in total. The molecule has 1 amide bonds. The Labute approximate surface area is 190 Å². The standard InChI is InChI=1S/C24H31NO6S/c1-4-5-13-31-21-9-7-19(8-10-21)24(26)25(20-12-14-32(27,28)17-20)16-18-6-11-22(29-2)23(15-18)30-3/h6-11,15,20H,4-5,12-14,16-17H2,1-3H3. The summed E-state index contributed by atoms with van der Waals surface area (Å²) in [6.45, 7) is 3.00. The molecular formula is C24H31NO6S. The second kappa shape index (κ2) is 10.7.